The second kappa shape index (κ2) is 8.85. The van der Waals surface area contributed by atoms with Gasteiger partial charge in [-0.2, -0.15) is 0 Å². The third kappa shape index (κ3) is 4.87. The Balaban J connectivity index is 3.03. The molecule has 0 aliphatic carbocycles. The fraction of sp³-hybridized carbons (Fsp3) is 0.765. The van der Waals surface area contributed by atoms with Crippen LogP contribution in [0.25, 0.3) is 0 Å². The molecule has 0 aliphatic heterocycles. The van der Waals surface area contributed by atoms with Gasteiger partial charge in [0, 0.05) is 24.6 Å². The molecule has 0 radical (unpaired) electrons. The SMILES string of the molecule is CCCc1nc(NCC)c(C)c(NC(C)C(CC)CC)n1. The molecular formula is C17H32N4. The summed E-state index contributed by atoms with van der Waals surface area (Å²) in [5.41, 5.74) is 1.12. The van der Waals surface area contributed by atoms with Crippen molar-refractivity contribution in [2.24, 2.45) is 5.92 Å². The molecule has 0 aliphatic rings. The first-order valence-corrected chi connectivity index (χ1v) is 8.45. The molecule has 0 saturated heterocycles. The maximum absolute atomic E-state index is 4.73. The van der Waals surface area contributed by atoms with E-state index in [0.717, 1.165) is 42.4 Å². The zero-order valence-corrected chi connectivity index (χ0v) is 14.6. The van der Waals surface area contributed by atoms with E-state index >= 15 is 0 Å². The molecule has 2 N–H and O–H groups in total. The summed E-state index contributed by atoms with van der Waals surface area (Å²) in [4.78, 5) is 9.38. The van der Waals surface area contributed by atoms with Gasteiger partial charge in [-0.15, -0.1) is 0 Å². The van der Waals surface area contributed by atoms with Gasteiger partial charge in [-0.3, -0.25) is 0 Å². The van der Waals surface area contributed by atoms with Gasteiger partial charge in [0.25, 0.3) is 0 Å². The van der Waals surface area contributed by atoms with Gasteiger partial charge in [0.1, 0.15) is 17.5 Å². The van der Waals surface area contributed by atoms with Crippen molar-refractivity contribution in [1.82, 2.24) is 9.97 Å². The molecule has 1 heterocycles. The smallest absolute Gasteiger partial charge is 0.134 e. The number of rotatable bonds is 9. The number of nitrogens with one attached hydrogen (secondary N) is 2. The summed E-state index contributed by atoms with van der Waals surface area (Å²) in [6.07, 6.45) is 4.37. The maximum Gasteiger partial charge on any atom is 0.134 e. The molecule has 0 saturated carbocycles. The number of anilines is 2. The first-order valence-electron chi connectivity index (χ1n) is 8.45. The summed E-state index contributed by atoms with van der Waals surface area (Å²) >= 11 is 0. The monoisotopic (exact) mass is 292 g/mol. The lowest BCUT2D eigenvalue weighted by Crippen LogP contribution is -2.26. The lowest BCUT2D eigenvalue weighted by atomic mass is 9.95. The van der Waals surface area contributed by atoms with E-state index in [1.807, 2.05) is 0 Å². The number of hydrogen-bond donors (Lipinski definition) is 2. The summed E-state index contributed by atoms with van der Waals surface area (Å²) in [6, 6.07) is 0.428. The van der Waals surface area contributed by atoms with Gasteiger partial charge >= 0.3 is 0 Å². The average molecular weight is 292 g/mol. The summed E-state index contributed by atoms with van der Waals surface area (Å²) in [5, 5.41) is 6.97. The quantitative estimate of drug-likeness (QED) is 0.708. The predicted molar refractivity (Wildman–Crippen MR) is 92.1 cm³/mol. The van der Waals surface area contributed by atoms with Crippen molar-refractivity contribution >= 4 is 11.6 Å². The van der Waals surface area contributed by atoms with Crippen LogP contribution in [0, 0.1) is 12.8 Å². The standard InChI is InChI=1S/C17H32N4/c1-7-11-15-20-16(18-10-4)12(5)17(21-15)19-13(6)14(8-2)9-3/h13-14H,7-11H2,1-6H3,(H2,18,19,20,21). The van der Waals surface area contributed by atoms with Crippen molar-refractivity contribution in [3.05, 3.63) is 11.4 Å². The van der Waals surface area contributed by atoms with E-state index in [9.17, 15) is 0 Å². The van der Waals surface area contributed by atoms with Crippen molar-refractivity contribution < 1.29 is 0 Å². The fourth-order valence-corrected chi connectivity index (χ4v) is 2.71. The normalized spacial score (nSPS) is 12.5. The Morgan fingerprint density at radius 1 is 1.00 bits per heavy atom. The summed E-state index contributed by atoms with van der Waals surface area (Å²) in [6.45, 7) is 14.0. The molecule has 1 aromatic heterocycles. The van der Waals surface area contributed by atoms with Gasteiger partial charge in [-0.1, -0.05) is 33.6 Å². The Morgan fingerprint density at radius 3 is 2.14 bits per heavy atom. The highest BCUT2D eigenvalue weighted by Crippen LogP contribution is 2.24. The third-order valence-corrected chi connectivity index (χ3v) is 4.13. The minimum atomic E-state index is 0.428. The molecule has 21 heavy (non-hydrogen) atoms. The van der Waals surface area contributed by atoms with Crippen LogP contribution in [-0.4, -0.2) is 22.6 Å². The van der Waals surface area contributed by atoms with E-state index in [-0.39, 0.29) is 0 Å². The number of aryl methyl sites for hydroxylation is 1. The minimum absolute atomic E-state index is 0.428. The van der Waals surface area contributed by atoms with Crippen LogP contribution in [0.15, 0.2) is 0 Å². The maximum atomic E-state index is 4.73. The molecule has 4 heteroatoms. The average Bonchev–Trinajstić information content (AvgIpc) is 2.45. The molecular weight excluding hydrogens is 260 g/mol. The summed E-state index contributed by atoms with van der Waals surface area (Å²) in [7, 11) is 0. The first kappa shape index (κ1) is 17.7. The van der Waals surface area contributed by atoms with Crippen LogP contribution in [0.5, 0.6) is 0 Å². The molecule has 1 rings (SSSR count). The number of aromatic nitrogens is 2. The van der Waals surface area contributed by atoms with Crippen LogP contribution in [0.2, 0.25) is 0 Å². The molecule has 1 aromatic rings. The Kier molecular flexibility index (Phi) is 7.48. The lowest BCUT2D eigenvalue weighted by molar-refractivity contribution is 0.436. The van der Waals surface area contributed by atoms with Crippen molar-refractivity contribution in [2.45, 2.75) is 73.3 Å². The molecule has 0 aromatic carbocycles. The molecule has 0 spiro atoms. The van der Waals surface area contributed by atoms with Crippen LogP contribution in [0.3, 0.4) is 0 Å². The Labute approximate surface area is 130 Å². The Morgan fingerprint density at radius 2 is 1.62 bits per heavy atom. The van der Waals surface area contributed by atoms with Crippen LogP contribution in [-0.2, 0) is 6.42 Å². The van der Waals surface area contributed by atoms with Crippen LogP contribution >= 0.6 is 0 Å². The van der Waals surface area contributed by atoms with E-state index in [2.05, 4.69) is 57.2 Å². The first-order chi connectivity index (χ1) is 10.1. The summed E-state index contributed by atoms with van der Waals surface area (Å²) < 4.78 is 0. The van der Waals surface area contributed by atoms with Crippen molar-refractivity contribution in [3.63, 3.8) is 0 Å². The van der Waals surface area contributed by atoms with Gasteiger partial charge in [0.2, 0.25) is 0 Å². The van der Waals surface area contributed by atoms with Crippen LogP contribution in [0.4, 0.5) is 11.6 Å². The zero-order chi connectivity index (χ0) is 15.8. The highest BCUT2D eigenvalue weighted by molar-refractivity contribution is 5.57. The number of nitrogens with zero attached hydrogens (tertiary/aromatic N) is 2. The van der Waals surface area contributed by atoms with Crippen LogP contribution in [0.1, 0.15) is 65.3 Å². The molecule has 0 amide bonds. The fourth-order valence-electron chi connectivity index (χ4n) is 2.71. The van der Waals surface area contributed by atoms with E-state index < -0.39 is 0 Å². The molecule has 120 valence electrons. The van der Waals surface area contributed by atoms with E-state index in [1.54, 1.807) is 0 Å². The van der Waals surface area contributed by atoms with E-state index in [4.69, 9.17) is 4.98 Å². The topological polar surface area (TPSA) is 49.8 Å². The summed E-state index contributed by atoms with van der Waals surface area (Å²) in [5.74, 6) is 3.56. The van der Waals surface area contributed by atoms with E-state index in [0.29, 0.717) is 12.0 Å². The molecule has 0 bridgehead atoms. The van der Waals surface area contributed by atoms with E-state index in [1.165, 1.54) is 12.8 Å². The highest BCUT2D eigenvalue weighted by atomic mass is 15.1. The third-order valence-electron chi connectivity index (χ3n) is 4.13. The second-order valence-electron chi connectivity index (χ2n) is 5.75. The highest BCUT2D eigenvalue weighted by Gasteiger charge is 2.17. The van der Waals surface area contributed by atoms with Gasteiger partial charge in [0.05, 0.1) is 0 Å². The van der Waals surface area contributed by atoms with Crippen molar-refractivity contribution in [1.29, 1.82) is 0 Å². The van der Waals surface area contributed by atoms with Gasteiger partial charge in [0.15, 0.2) is 0 Å². The molecule has 0 fully saturated rings. The largest absolute Gasteiger partial charge is 0.370 e. The Bertz CT molecular complexity index is 427. The molecule has 4 nitrogen and oxygen atoms in total. The van der Waals surface area contributed by atoms with Crippen LogP contribution < -0.4 is 10.6 Å². The minimum Gasteiger partial charge on any atom is -0.370 e. The molecule has 1 unspecified atom stereocenters. The number of hydrogen-bond acceptors (Lipinski definition) is 4. The lowest BCUT2D eigenvalue weighted by Gasteiger charge is -2.24. The second-order valence-corrected chi connectivity index (χ2v) is 5.75. The van der Waals surface area contributed by atoms with Crippen molar-refractivity contribution in [2.75, 3.05) is 17.2 Å². The predicted octanol–water partition coefficient (Wildman–Crippen LogP) is 4.41. The van der Waals surface area contributed by atoms with Gasteiger partial charge < -0.3 is 10.6 Å². The zero-order valence-electron chi connectivity index (χ0n) is 14.6. The van der Waals surface area contributed by atoms with Crippen molar-refractivity contribution in [3.8, 4) is 0 Å². The Hall–Kier alpha value is -1.32. The van der Waals surface area contributed by atoms with Gasteiger partial charge in [-0.05, 0) is 33.1 Å². The van der Waals surface area contributed by atoms with Gasteiger partial charge in [-0.25, -0.2) is 9.97 Å². The molecule has 1 atom stereocenters.